The van der Waals surface area contributed by atoms with E-state index in [0.717, 1.165) is 23.4 Å². The average Bonchev–Trinajstić information content (AvgIpc) is 2.16. The second kappa shape index (κ2) is 4.23. The molecule has 1 heterocycles. The molecule has 0 aliphatic carbocycles. The second-order valence-electron chi connectivity index (χ2n) is 2.67. The molecule has 0 saturated heterocycles. The van der Waals surface area contributed by atoms with Gasteiger partial charge < -0.3 is 0 Å². The summed E-state index contributed by atoms with van der Waals surface area (Å²) in [4.78, 5) is 4.29. The molecule has 0 aliphatic heterocycles. The Kier molecular flexibility index (Phi) is 3.36. The Hall–Kier alpha value is 0.610. The smallest absolute Gasteiger partial charge is 0.0910 e. The maximum absolute atomic E-state index is 6.05. The van der Waals surface area contributed by atoms with Crippen LogP contribution in [-0.2, 0) is 0 Å². The van der Waals surface area contributed by atoms with Gasteiger partial charge in [0.1, 0.15) is 0 Å². The Balaban J connectivity index is 3.01. The summed E-state index contributed by atoms with van der Waals surface area (Å²) in [5.41, 5.74) is 0.827. The highest BCUT2D eigenvalue weighted by molar-refractivity contribution is 14.1. The molecule has 0 saturated carbocycles. The normalized spacial score (nSPS) is 10.9. The third kappa shape index (κ3) is 1.81. The van der Waals surface area contributed by atoms with Crippen molar-refractivity contribution in [3.05, 3.63) is 35.9 Å². The minimum Gasteiger partial charge on any atom is -0.253 e. The van der Waals surface area contributed by atoms with E-state index < -0.39 is 0 Å². The topological polar surface area (TPSA) is 12.9 Å². The molecule has 5 heteroatoms. The van der Waals surface area contributed by atoms with E-state index in [1.807, 2.05) is 12.1 Å². The first-order chi connectivity index (χ1) is 6.61. The van der Waals surface area contributed by atoms with E-state index in [2.05, 4.69) is 59.4 Å². The molecule has 0 aliphatic rings. The number of hydrogen-bond donors (Lipinski definition) is 0. The summed E-state index contributed by atoms with van der Waals surface area (Å²) in [6.45, 7) is 0. The maximum atomic E-state index is 6.05. The predicted octanol–water partition coefficient (Wildman–Crippen LogP) is 5.02. The largest absolute Gasteiger partial charge is 0.253 e. The zero-order chi connectivity index (χ0) is 10.3. The van der Waals surface area contributed by atoms with E-state index in [-0.39, 0.29) is 0 Å². The zero-order valence-corrected chi connectivity index (χ0v) is 12.8. The van der Waals surface area contributed by atoms with E-state index >= 15 is 0 Å². The lowest BCUT2D eigenvalue weighted by molar-refractivity contribution is 1.37. The number of rotatable bonds is 0. The molecule has 0 N–H and O–H groups in total. The van der Waals surface area contributed by atoms with Gasteiger partial charge in [-0.1, -0.05) is 11.6 Å². The van der Waals surface area contributed by atoms with Crippen molar-refractivity contribution in [3.8, 4) is 0 Å². The van der Waals surface area contributed by atoms with Crippen LogP contribution >= 0.6 is 66.1 Å². The van der Waals surface area contributed by atoms with Gasteiger partial charge in [0.2, 0.25) is 0 Å². The number of nitrogens with zero attached hydrogens (tertiary/aromatic N) is 1. The molecule has 0 radical (unpaired) electrons. The van der Waals surface area contributed by atoms with E-state index in [9.17, 15) is 0 Å². The summed E-state index contributed by atoms with van der Waals surface area (Å²) < 4.78 is 3.06. The second-order valence-corrected chi connectivity index (χ2v) is 5.89. The Morgan fingerprint density at radius 3 is 2.71 bits per heavy atom. The standard InChI is InChI=1S/C9H3Br2ClIN/c10-4-3-14-9-5(12)1-2-6(13)7(9)8(4)11/h1-3H. The summed E-state index contributed by atoms with van der Waals surface area (Å²) in [5.74, 6) is 0. The SMILES string of the molecule is Clc1ccc(I)c2c(Br)c(Br)cnc12. The lowest BCUT2D eigenvalue weighted by Crippen LogP contribution is -1.86. The van der Waals surface area contributed by atoms with Crippen molar-refractivity contribution in [2.45, 2.75) is 0 Å². The van der Waals surface area contributed by atoms with E-state index in [1.54, 1.807) is 6.20 Å². The number of fused-ring (bicyclic) bond motifs is 1. The lowest BCUT2D eigenvalue weighted by atomic mass is 10.2. The fraction of sp³-hybridized carbons (Fsp3) is 0. The van der Waals surface area contributed by atoms with Gasteiger partial charge in [0.15, 0.2) is 0 Å². The van der Waals surface area contributed by atoms with Gasteiger partial charge in [-0.3, -0.25) is 4.98 Å². The fourth-order valence-corrected chi connectivity index (χ4v) is 3.26. The lowest BCUT2D eigenvalue weighted by Gasteiger charge is -2.05. The molecule has 0 atom stereocenters. The molecule has 0 fully saturated rings. The summed E-state index contributed by atoms with van der Waals surface area (Å²) in [5, 5.41) is 1.72. The summed E-state index contributed by atoms with van der Waals surface area (Å²) >= 11 is 15.3. The summed E-state index contributed by atoms with van der Waals surface area (Å²) in [6.07, 6.45) is 1.74. The van der Waals surface area contributed by atoms with Crippen molar-refractivity contribution in [3.63, 3.8) is 0 Å². The molecule has 0 amide bonds. The predicted molar refractivity (Wildman–Crippen MR) is 74.9 cm³/mol. The zero-order valence-electron chi connectivity index (χ0n) is 6.69. The van der Waals surface area contributed by atoms with Crippen molar-refractivity contribution < 1.29 is 0 Å². The van der Waals surface area contributed by atoms with Crippen LogP contribution in [0.3, 0.4) is 0 Å². The fourth-order valence-electron chi connectivity index (χ4n) is 1.17. The molecule has 0 spiro atoms. The van der Waals surface area contributed by atoms with E-state index in [1.165, 1.54) is 0 Å². The third-order valence-corrected chi connectivity index (χ3v) is 4.97. The van der Waals surface area contributed by atoms with Gasteiger partial charge in [0.25, 0.3) is 0 Å². The molecular weight excluding hydrogens is 444 g/mol. The van der Waals surface area contributed by atoms with Crippen LogP contribution in [0.2, 0.25) is 5.02 Å². The molecule has 1 aromatic carbocycles. The van der Waals surface area contributed by atoms with E-state index in [0.29, 0.717) is 5.02 Å². The van der Waals surface area contributed by atoms with Gasteiger partial charge in [-0.15, -0.1) is 0 Å². The molecule has 2 aromatic rings. The first kappa shape index (κ1) is 11.1. The molecule has 1 nitrogen and oxygen atoms in total. The van der Waals surface area contributed by atoms with Crippen LogP contribution < -0.4 is 0 Å². The Bertz CT molecular complexity index is 516. The molecule has 14 heavy (non-hydrogen) atoms. The highest BCUT2D eigenvalue weighted by atomic mass is 127. The first-order valence-corrected chi connectivity index (χ1v) is 6.73. The van der Waals surface area contributed by atoms with Crippen molar-refractivity contribution in [2.24, 2.45) is 0 Å². The number of pyridine rings is 1. The molecular formula is C9H3Br2ClIN. The minimum absolute atomic E-state index is 0.675. The number of hydrogen-bond acceptors (Lipinski definition) is 1. The average molecular weight is 447 g/mol. The number of benzene rings is 1. The van der Waals surface area contributed by atoms with Crippen LogP contribution in [0, 0.1) is 3.57 Å². The summed E-state index contributed by atoms with van der Waals surface area (Å²) in [6, 6.07) is 3.84. The Morgan fingerprint density at radius 1 is 1.29 bits per heavy atom. The Morgan fingerprint density at radius 2 is 2.00 bits per heavy atom. The van der Waals surface area contributed by atoms with Gasteiger partial charge in [0.05, 0.1) is 15.0 Å². The van der Waals surface area contributed by atoms with Crippen LogP contribution in [0.5, 0.6) is 0 Å². The quantitative estimate of drug-likeness (QED) is 0.517. The first-order valence-electron chi connectivity index (χ1n) is 3.69. The molecule has 72 valence electrons. The molecule has 0 unspecified atom stereocenters. The van der Waals surface area contributed by atoms with Gasteiger partial charge in [-0.25, -0.2) is 0 Å². The highest BCUT2D eigenvalue weighted by Crippen LogP contribution is 2.35. The molecule has 1 aromatic heterocycles. The van der Waals surface area contributed by atoms with Crippen LogP contribution in [0.15, 0.2) is 27.3 Å². The minimum atomic E-state index is 0.675. The van der Waals surface area contributed by atoms with Gasteiger partial charge in [0, 0.05) is 19.6 Å². The summed E-state index contributed by atoms with van der Waals surface area (Å²) in [7, 11) is 0. The van der Waals surface area contributed by atoms with Crippen molar-refractivity contribution in [1.29, 1.82) is 0 Å². The maximum Gasteiger partial charge on any atom is 0.0910 e. The van der Waals surface area contributed by atoms with Crippen molar-refractivity contribution in [2.75, 3.05) is 0 Å². The number of aromatic nitrogens is 1. The Labute approximate surface area is 117 Å². The van der Waals surface area contributed by atoms with Crippen LogP contribution in [-0.4, -0.2) is 4.98 Å². The molecule has 0 bridgehead atoms. The monoisotopic (exact) mass is 445 g/mol. The van der Waals surface area contributed by atoms with E-state index in [4.69, 9.17) is 11.6 Å². The highest BCUT2D eigenvalue weighted by Gasteiger charge is 2.10. The van der Waals surface area contributed by atoms with Gasteiger partial charge in [-0.05, 0) is 66.6 Å². The van der Waals surface area contributed by atoms with Crippen molar-refractivity contribution >= 4 is 77.0 Å². The van der Waals surface area contributed by atoms with Gasteiger partial charge >= 0.3 is 0 Å². The molecule has 2 rings (SSSR count). The van der Waals surface area contributed by atoms with Crippen LogP contribution in [0.4, 0.5) is 0 Å². The third-order valence-electron chi connectivity index (χ3n) is 1.81. The number of halogens is 4. The van der Waals surface area contributed by atoms with Crippen LogP contribution in [0.1, 0.15) is 0 Å². The van der Waals surface area contributed by atoms with Gasteiger partial charge in [-0.2, -0.15) is 0 Å². The van der Waals surface area contributed by atoms with Crippen molar-refractivity contribution in [1.82, 2.24) is 4.98 Å². The van der Waals surface area contributed by atoms with Crippen LogP contribution in [0.25, 0.3) is 10.9 Å².